The molecule has 1 heterocycles. The summed E-state index contributed by atoms with van der Waals surface area (Å²) in [6, 6.07) is 3.15. The number of aromatic carboxylic acids is 1. The second-order valence-corrected chi connectivity index (χ2v) is 5.29. The number of aliphatic hydroxyl groups excluding tert-OH is 1. The highest BCUT2D eigenvalue weighted by atomic mass is 16.4. The molecular weight excluding hydrogens is 244 g/mol. The predicted octanol–water partition coefficient (Wildman–Crippen LogP) is 1.94. The number of likely N-dealkylation sites (N-methyl/N-ethyl adjacent to an activating group) is 1. The van der Waals surface area contributed by atoms with Crippen LogP contribution in [0.4, 0.5) is 5.82 Å². The summed E-state index contributed by atoms with van der Waals surface area (Å²) in [6.45, 7) is 5.74. The summed E-state index contributed by atoms with van der Waals surface area (Å²) in [7, 11) is 1.81. The highest BCUT2D eigenvalue weighted by Crippen LogP contribution is 2.22. The molecule has 0 saturated carbocycles. The number of rotatable bonds is 6. The van der Waals surface area contributed by atoms with Crippen LogP contribution in [-0.4, -0.2) is 40.4 Å². The number of pyridine rings is 1. The highest BCUT2D eigenvalue weighted by Gasteiger charge is 2.24. The minimum atomic E-state index is -0.962. The number of carboxylic acid groups (broad SMARTS) is 1. The van der Waals surface area contributed by atoms with Crippen LogP contribution in [0, 0.1) is 0 Å². The van der Waals surface area contributed by atoms with Gasteiger partial charge in [0.15, 0.2) is 0 Å². The van der Waals surface area contributed by atoms with E-state index in [0.717, 1.165) is 18.5 Å². The molecule has 0 radical (unpaired) electrons. The number of anilines is 1. The molecule has 0 spiro atoms. The van der Waals surface area contributed by atoms with Gasteiger partial charge in [0.1, 0.15) is 5.82 Å². The van der Waals surface area contributed by atoms with Crippen molar-refractivity contribution in [2.75, 3.05) is 18.6 Å². The van der Waals surface area contributed by atoms with Crippen LogP contribution in [0.25, 0.3) is 0 Å². The second-order valence-electron chi connectivity index (χ2n) is 5.29. The van der Waals surface area contributed by atoms with Gasteiger partial charge >= 0.3 is 5.97 Å². The van der Waals surface area contributed by atoms with Gasteiger partial charge in [0.25, 0.3) is 0 Å². The Labute approximate surface area is 113 Å². The summed E-state index contributed by atoms with van der Waals surface area (Å²) in [5.74, 6) is -0.390. The van der Waals surface area contributed by atoms with Crippen LogP contribution in [0.2, 0.25) is 0 Å². The van der Waals surface area contributed by atoms with Crippen LogP contribution in [0.3, 0.4) is 0 Å². The number of carbonyl (C=O) groups is 1. The first-order valence-corrected chi connectivity index (χ1v) is 6.40. The third-order valence-electron chi connectivity index (χ3n) is 3.26. The van der Waals surface area contributed by atoms with E-state index in [2.05, 4.69) is 4.98 Å². The zero-order valence-electron chi connectivity index (χ0n) is 12.0. The van der Waals surface area contributed by atoms with Crippen molar-refractivity contribution in [1.29, 1.82) is 0 Å². The average molecular weight is 266 g/mol. The van der Waals surface area contributed by atoms with Crippen LogP contribution in [0.15, 0.2) is 12.1 Å². The minimum absolute atomic E-state index is 0.0361. The van der Waals surface area contributed by atoms with E-state index < -0.39 is 11.5 Å². The molecule has 0 fully saturated rings. The van der Waals surface area contributed by atoms with Gasteiger partial charge in [-0.3, -0.25) is 0 Å². The van der Waals surface area contributed by atoms with E-state index in [1.165, 1.54) is 0 Å². The zero-order valence-corrected chi connectivity index (χ0v) is 12.0. The molecule has 0 aliphatic rings. The second kappa shape index (κ2) is 6.02. The maximum atomic E-state index is 11.2. The normalized spacial score (nSPS) is 11.4. The van der Waals surface area contributed by atoms with Crippen LogP contribution in [-0.2, 0) is 6.42 Å². The van der Waals surface area contributed by atoms with Gasteiger partial charge in [0.2, 0.25) is 0 Å². The topological polar surface area (TPSA) is 73.7 Å². The summed E-state index contributed by atoms with van der Waals surface area (Å²) in [5, 5.41) is 18.5. The lowest BCUT2D eigenvalue weighted by Gasteiger charge is -2.35. The Kier molecular flexibility index (Phi) is 4.89. The van der Waals surface area contributed by atoms with Gasteiger partial charge in [0, 0.05) is 12.7 Å². The first-order valence-electron chi connectivity index (χ1n) is 6.40. The Morgan fingerprint density at radius 3 is 2.53 bits per heavy atom. The Hall–Kier alpha value is -1.62. The Morgan fingerprint density at radius 2 is 2.05 bits per heavy atom. The van der Waals surface area contributed by atoms with E-state index >= 15 is 0 Å². The third kappa shape index (κ3) is 3.67. The number of nitrogens with zero attached hydrogens (tertiary/aromatic N) is 2. The molecule has 2 N–H and O–H groups in total. The Morgan fingerprint density at radius 1 is 1.42 bits per heavy atom. The quantitative estimate of drug-likeness (QED) is 0.823. The SMILES string of the molecule is CCCc1cc(C(=O)O)cc(N(C)C(C)(C)CO)n1. The van der Waals surface area contributed by atoms with E-state index in [1.54, 1.807) is 24.1 Å². The smallest absolute Gasteiger partial charge is 0.335 e. The van der Waals surface area contributed by atoms with Crippen molar-refractivity contribution in [3.05, 3.63) is 23.4 Å². The molecule has 0 aromatic carbocycles. The molecule has 0 saturated heterocycles. The molecule has 1 aromatic rings. The van der Waals surface area contributed by atoms with E-state index in [4.69, 9.17) is 5.11 Å². The van der Waals surface area contributed by atoms with Crippen molar-refractivity contribution in [1.82, 2.24) is 4.98 Å². The molecule has 1 aromatic heterocycles. The standard InChI is InChI=1S/C14H22N2O3/c1-5-6-11-7-10(13(18)19)8-12(15-11)16(4)14(2,3)9-17/h7-8,17H,5-6,9H2,1-4H3,(H,18,19). The van der Waals surface area contributed by atoms with Crippen molar-refractivity contribution < 1.29 is 15.0 Å². The number of hydrogen-bond acceptors (Lipinski definition) is 4. The number of hydrogen-bond donors (Lipinski definition) is 2. The number of carboxylic acids is 1. The monoisotopic (exact) mass is 266 g/mol. The first-order chi connectivity index (χ1) is 8.81. The maximum absolute atomic E-state index is 11.2. The molecule has 0 aliphatic heterocycles. The number of aryl methyl sites for hydroxylation is 1. The molecule has 0 aliphatic carbocycles. The summed E-state index contributed by atoms with van der Waals surface area (Å²) < 4.78 is 0. The zero-order chi connectivity index (χ0) is 14.6. The Balaban J connectivity index is 3.22. The van der Waals surface area contributed by atoms with Crippen LogP contribution < -0.4 is 4.90 Å². The van der Waals surface area contributed by atoms with Crippen LogP contribution >= 0.6 is 0 Å². The van der Waals surface area contributed by atoms with Gasteiger partial charge in [-0.15, -0.1) is 0 Å². The maximum Gasteiger partial charge on any atom is 0.335 e. The number of aliphatic hydroxyl groups is 1. The van der Waals surface area contributed by atoms with Crippen LogP contribution in [0.5, 0.6) is 0 Å². The molecule has 5 nitrogen and oxygen atoms in total. The number of aromatic nitrogens is 1. The van der Waals surface area contributed by atoms with Gasteiger partial charge in [-0.2, -0.15) is 0 Å². The lowest BCUT2D eigenvalue weighted by atomic mass is 10.0. The minimum Gasteiger partial charge on any atom is -0.478 e. The molecule has 0 unspecified atom stereocenters. The van der Waals surface area contributed by atoms with Gasteiger partial charge in [-0.25, -0.2) is 9.78 Å². The van der Waals surface area contributed by atoms with E-state index in [0.29, 0.717) is 5.82 Å². The van der Waals surface area contributed by atoms with E-state index in [-0.39, 0.29) is 12.2 Å². The average Bonchev–Trinajstić information content (AvgIpc) is 2.37. The lowest BCUT2D eigenvalue weighted by molar-refractivity contribution is 0.0696. The molecule has 0 atom stereocenters. The molecule has 0 amide bonds. The summed E-state index contributed by atoms with van der Waals surface area (Å²) in [6.07, 6.45) is 1.64. The predicted molar refractivity (Wildman–Crippen MR) is 74.8 cm³/mol. The van der Waals surface area contributed by atoms with Crippen molar-refractivity contribution >= 4 is 11.8 Å². The lowest BCUT2D eigenvalue weighted by Crippen LogP contribution is -2.45. The Bertz CT molecular complexity index is 458. The molecule has 5 heteroatoms. The van der Waals surface area contributed by atoms with Crippen molar-refractivity contribution in [3.8, 4) is 0 Å². The summed E-state index contributed by atoms with van der Waals surface area (Å²) in [5.41, 5.74) is 0.500. The largest absolute Gasteiger partial charge is 0.478 e. The molecule has 1 rings (SSSR count). The third-order valence-corrected chi connectivity index (χ3v) is 3.26. The van der Waals surface area contributed by atoms with Gasteiger partial charge in [-0.1, -0.05) is 13.3 Å². The van der Waals surface area contributed by atoms with Crippen molar-refractivity contribution in [2.24, 2.45) is 0 Å². The van der Waals surface area contributed by atoms with Crippen LogP contribution in [0.1, 0.15) is 43.2 Å². The molecular formula is C14H22N2O3. The summed E-state index contributed by atoms with van der Waals surface area (Å²) >= 11 is 0. The van der Waals surface area contributed by atoms with Crippen molar-refractivity contribution in [3.63, 3.8) is 0 Å². The fraction of sp³-hybridized carbons (Fsp3) is 0.571. The van der Waals surface area contributed by atoms with Gasteiger partial charge in [-0.05, 0) is 32.4 Å². The fourth-order valence-electron chi connectivity index (χ4n) is 1.67. The fourth-order valence-corrected chi connectivity index (χ4v) is 1.67. The van der Waals surface area contributed by atoms with Crippen molar-refractivity contribution in [2.45, 2.75) is 39.2 Å². The van der Waals surface area contributed by atoms with E-state index in [9.17, 15) is 9.90 Å². The molecule has 0 bridgehead atoms. The van der Waals surface area contributed by atoms with E-state index in [1.807, 2.05) is 20.8 Å². The molecule has 106 valence electrons. The van der Waals surface area contributed by atoms with Gasteiger partial charge < -0.3 is 15.1 Å². The molecule has 19 heavy (non-hydrogen) atoms. The highest BCUT2D eigenvalue weighted by molar-refractivity contribution is 5.88. The van der Waals surface area contributed by atoms with Gasteiger partial charge in [0.05, 0.1) is 17.7 Å². The first kappa shape index (κ1) is 15.4. The summed E-state index contributed by atoms with van der Waals surface area (Å²) in [4.78, 5) is 17.4.